The third-order valence-electron chi connectivity index (χ3n) is 3.13. The van der Waals surface area contributed by atoms with Gasteiger partial charge in [-0.15, -0.1) is 0 Å². The summed E-state index contributed by atoms with van der Waals surface area (Å²) in [5, 5.41) is 10.2. The Hall–Kier alpha value is -1.68. The molecule has 18 heavy (non-hydrogen) atoms. The highest BCUT2D eigenvalue weighted by Gasteiger charge is 2.14. The van der Waals surface area contributed by atoms with E-state index in [1.807, 2.05) is 12.3 Å². The van der Waals surface area contributed by atoms with Crippen LogP contribution >= 0.6 is 0 Å². The Morgan fingerprint density at radius 2 is 2.22 bits per heavy atom. The SMILES string of the molecule is CCC(NC(C)c1cn[nH]c1)c1cccc(F)c1. The lowest BCUT2D eigenvalue weighted by Gasteiger charge is -2.22. The highest BCUT2D eigenvalue weighted by molar-refractivity contribution is 5.21. The van der Waals surface area contributed by atoms with E-state index in [0.29, 0.717) is 0 Å². The van der Waals surface area contributed by atoms with Gasteiger partial charge in [0.1, 0.15) is 5.82 Å². The number of aromatic amines is 1. The minimum absolute atomic E-state index is 0.144. The Morgan fingerprint density at radius 3 is 2.83 bits per heavy atom. The van der Waals surface area contributed by atoms with Gasteiger partial charge in [-0.05, 0) is 31.0 Å². The van der Waals surface area contributed by atoms with E-state index in [1.165, 1.54) is 6.07 Å². The van der Waals surface area contributed by atoms with E-state index in [4.69, 9.17) is 0 Å². The normalized spacial score (nSPS) is 14.4. The molecule has 1 aromatic heterocycles. The van der Waals surface area contributed by atoms with Gasteiger partial charge >= 0.3 is 0 Å². The predicted octanol–water partition coefficient (Wildman–Crippen LogP) is 3.35. The fraction of sp³-hybridized carbons (Fsp3) is 0.357. The van der Waals surface area contributed by atoms with Gasteiger partial charge in [-0.1, -0.05) is 19.1 Å². The smallest absolute Gasteiger partial charge is 0.123 e. The minimum atomic E-state index is -0.191. The van der Waals surface area contributed by atoms with Crippen LogP contribution in [0.15, 0.2) is 36.7 Å². The first-order valence-corrected chi connectivity index (χ1v) is 6.21. The molecule has 0 aliphatic heterocycles. The van der Waals surface area contributed by atoms with Crippen LogP contribution in [0.25, 0.3) is 0 Å². The molecule has 2 N–H and O–H groups in total. The Morgan fingerprint density at radius 1 is 1.39 bits per heavy atom. The standard InChI is InChI=1S/C14H18FN3/c1-3-14(11-5-4-6-13(15)7-11)18-10(2)12-8-16-17-9-12/h4-10,14,18H,3H2,1-2H3,(H,16,17). The third kappa shape index (κ3) is 2.96. The quantitative estimate of drug-likeness (QED) is 0.850. The molecule has 96 valence electrons. The molecule has 2 atom stereocenters. The van der Waals surface area contributed by atoms with Crippen LogP contribution in [0.4, 0.5) is 4.39 Å². The van der Waals surface area contributed by atoms with Gasteiger partial charge in [-0.3, -0.25) is 5.10 Å². The predicted molar refractivity (Wildman–Crippen MR) is 69.6 cm³/mol. The molecule has 0 aliphatic carbocycles. The van der Waals surface area contributed by atoms with Crippen molar-refractivity contribution in [1.82, 2.24) is 15.5 Å². The molecule has 1 aromatic carbocycles. The van der Waals surface area contributed by atoms with Gasteiger partial charge in [-0.2, -0.15) is 5.10 Å². The van der Waals surface area contributed by atoms with E-state index in [9.17, 15) is 4.39 Å². The molecule has 1 heterocycles. The summed E-state index contributed by atoms with van der Waals surface area (Å²) in [6.07, 6.45) is 4.58. The number of nitrogens with one attached hydrogen (secondary N) is 2. The van der Waals surface area contributed by atoms with Crippen LogP contribution in [0, 0.1) is 5.82 Å². The lowest BCUT2D eigenvalue weighted by atomic mass is 10.0. The van der Waals surface area contributed by atoms with Crippen LogP contribution in [0.2, 0.25) is 0 Å². The largest absolute Gasteiger partial charge is 0.303 e. The lowest BCUT2D eigenvalue weighted by Crippen LogP contribution is -2.24. The van der Waals surface area contributed by atoms with Crippen molar-refractivity contribution in [2.45, 2.75) is 32.4 Å². The van der Waals surface area contributed by atoms with Crippen molar-refractivity contribution in [3.05, 3.63) is 53.6 Å². The molecule has 3 nitrogen and oxygen atoms in total. The maximum atomic E-state index is 13.2. The molecular weight excluding hydrogens is 229 g/mol. The fourth-order valence-corrected chi connectivity index (χ4v) is 2.07. The topological polar surface area (TPSA) is 40.7 Å². The molecule has 2 unspecified atom stereocenters. The zero-order valence-electron chi connectivity index (χ0n) is 10.7. The van der Waals surface area contributed by atoms with E-state index in [0.717, 1.165) is 17.5 Å². The van der Waals surface area contributed by atoms with Gasteiger partial charge < -0.3 is 5.32 Å². The van der Waals surface area contributed by atoms with E-state index in [2.05, 4.69) is 29.4 Å². The van der Waals surface area contributed by atoms with E-state index < -0.39 is 0 Å². The number of hydrogen-bond donors (Lipinski definition) is 2. The molecule has 4 heteroatoms. The molecule has 2 rings (SSSR count). The molecule has 0 bridgehead atoms. The van der Waals surface area contributed by atoms with Gasteiger partial charge in [0.2, 0.25) is 0 Å². The van der Waals surface area contributed by atoms with Crippen LogP contribution in [0.3, 0.4) is 0 Å². The summed E-state index contributed by atoms with van der Waals surface area (Å²) in [5.74, 6) is -0.191. The summed E-state index contributed by atoms with van der Waals surface area (Å²) in [6, 6.07) is 7.07. The van der Waals surface area contributed by atoms with E-state index >= 15 is 0 Å². The number of halogens is 1. The molecule has 0 fully saturated rings. The molecule has 2 aromatic rings. The average molecular weight is 247 g/mol. The molecule has 0 saturated carbocycles. The van der Waals surface area contributed by atoms with Crippen molar-refractivity contribution in [3.8, 4) is 0 Å². The van der Waals surface area contributed by atoms with Crippen LogP contribution < -0.4 is 5.32 Å². The average Bonchev–Trinajstić information content (AvgIpc) is 2.89. The minimum Gasteiger partial charge on any atom is -0.303 e. The second kappa shape index (κ2) is 5.78. The second-order valence-corrected chi connectivity index (χ2v) is 4.44. The summed E-state index contributed by atoms with van der Waals surface area (Å²) >= 11 is 0. The van der Waals surface area contributed by atoms with Crippen molar-refractivity contribution in [2.75, 3.05) is 0 Å². The van der Waals surface area contributed by atoms with Crippen molar-refractivity contribution in [2.24, 2.45) is 0 Å². The maximum Gasteiger partial charge on any atom is 0.123 e. The number of nitrogens with zero attached hydrogens (tertiary/aromatic N) is 1. The van der Waals surface area contributed by atoms with Crippen molar-refractivity contribution >= 4 is 0 Å². The van der Waals surface area contributed by atoms with Crippen molar-refractivity contribution in [3.63, 3.8) is 0 Å². The summed E-state index contributed by atoms with van der Waals surface area (Å²) in [5.41, 5.74) is 2.08. The van der Waals surface area contributed by atoms with Gasteiger partial charge in [0, 0.05) is 23.8 Å². The zero-order chi connectivity index (χ0) is 13.0. The van der Waals surface area contributed by atoms with Gasteiger partial charge in [0.25, 0.3) is 0 Å². The van der Waals surface area contributed by atoms with Crippen molar-refractivity contribution in [1.29, 1.82) is 0 Å². The zero-order valence-corrected chi connectivity index (χ0v) is 10.7. The maximum absolute atomic E-state index is 13.2. The van der Waals surface area contributed by atoms with Gasteiger partial charge in [0.15, 0.2) is 0 Å². The Balaban J connectivity index is 2.10. The van der Waals surface area contributed by atoms with Gasteiger partial charge in [-0.25, -0.2) is 4.39 Å². The Labute approximate surface area is 106 Å². The first-order valence-electron chi connectivity index (χ1n) is 6.21. The number of hydrogen-bond acceptors (Lipinski definition) is 2. The number of benzene rings is 1. The second-order valence-electron chi connectivity index (χ2n) is 4.44. The van der Waals surface area contributed by atoms with E-state index in [1.54, 1.807) is 18.3 Å². The van der Waals surface area contributed by atoms with Crippen LogP contribution in [0.1, 0.15) is 43.5 Å². The summed E-state index contributed by atoms with van der Waals surface area (Å²) in [6.45, 7) is 4.16. The first kappa shape index (κ1) is 12.8. The monoisotopic (exact) mass is 247 g/mol. The van der Waals surface area contributed by atoms with Crippen LogP contribution in [-0.2, 0) is 0 Å². The highest BCUT2D eigenvalue weighted by Crippen LogP contribution is 2.22. The molecule has 0 radical (unpaired) electrons. The van der Waals surface area contributed by atoms with Crippen LogP contribution in [0.5, 0.6) is 0 Å². The summed E-state index contributed by atoms with van der Waals surface area (Å²) < 4.78 is 13.2. The molecule has 0 saturated heterocycles. The molecule has 0 aliphatic rings. The van der Waals surface area contributed by atoms with Crippen molar-refractivity contribution < 1.29 is 4.39 Å². The van der Waals surface area contributed by atoms with Gasteiger partial charge in [0.05, 0.1) is 6.20 Å². The Kier molecular flexibility index (Phi) is 4.10. The molecule has 0 amide bonds. The molecule has 0 spiro atoms. The fourth-order valence-electron chi connectivity index (χ4n) is 2.07. The number of H-pyrrole nitrogens is 1. The summed E-state index contributed by atoms with van der Waals surface area (Å²) in [7, 11) is 0. The summed E-state index contributed by atoms with van der Waals surface area (Å²) in [4.78, 5) is 0. The molecular formula is C14H18FN3. The first-order chi connectivity index (χ1) is 8.70. The lowest BCUT2D eigenvalue weighted by molar-refractivity contribution is 0.454. The van der Waals surface area contributed by atoms with Crippen LogP contribution in [-0.4, -0.2) is 10.2 Å². The third-order valence-corrected chi connectivity index (χ3v) is 3.13. The number of aromatic nitrogens is 2. The highest BCUT2D eigenvalue weighted by atomic mass is 19.1. The van der Waals surface area contributed by atoms with E-state index in [-0.39, 0.29) is 17.9 Å². The number of rotatable bonds is 5. The Bertz CT molecular complexity index is 482.